The van der Waals surface area contributed by atoms with Crippen molar-refractivity contribution in [3.05, 3.63) is 30.1 Å². The SMILES string of the molecule is CCNC1COCC1CN(CC)Cc1ccncc1. The van der Waals surface area contributed by atoms with Gasteiger partial charge in [-0.3, -0.25) is 9.88 Å². The quantitative estimate of drug-likeness (QED) is 0.809. The van der Waals surface area contributed by atoms with E-state index in [1.54, 1.807) is 0 Å². The minimum absolute atomic E-state index is 0.511. The van der Waals surface area contributed by atoms with E-state index in [-0.39, 0.29) is 0 Å². The van der Waals surface area contributed by atoms with Gasteiger partial charge < -0.3 is 10.1 Å². The fraction of sp³-hybridized carbons (Fsp3) is 0.667. The molecule has 106 valence electrons. The summed E-state index contributed by atoms with van der Waals surface area (Å²) in [7, 11) is 0. The molecule has 1 aliphatic heterocycles. The van der Waals surface area contributed by atoms with Gasteiger partial charge in [0, 0.05) is 37.4 Å². The number of ether oxygens (including phenoxy) is 1. The average molecular weight is 263 g/mol. The summed E-state index contributed by atoms with van der Waals surface area (Å²) in [6.45, 7) is 10.3. The predicted octanol–water partition coefficient (Wildman–Crippen LogP) is 1.53. The van der Waals surface area contributed by atoms with Crippen LogP contribution in [0.5, 0.6) is 0 Å². The van der Waals surface area contributed by atoms with Gasteiger partial charge in [0.15, 0.2) is 0 Å². The van der Waals surface area contributed by atoms with Gasteiger partial charge in [-0.1, -0.05) is 13.8 Å². The lowest BCUT2D eigenvalue weighted by molar-refractivity contribution is 0.166. The molecule has 0 aromatic carbocycles. The van der Waals surface area contributed by atoms with Crippen LogP contribution in [0.15, 0.2) is 24.5 Å². The largest absolute Gasteiger partial charge is 0.379 e. The highest BCUT2D eigenvalue weighted by Crippen LogP contribution is 2.16. The van der Waals surface area contributed by atoms with E-state index in [0.717, 1.165) is 39.4 Å². The zero-order valence-electron chi connectivity index (χ0n) is 12.0. The molecular formula is C15H25N3O. The highest BCUT2D eigenvalue weighted by molar-refractivity contribution is 5.09. The smallest absolute Gasteiger partial charge is 0.0623 e. The van der Waals surface area contributed by atoms with Crippen LogP contribution in [0.1, 0.15) is 19.4 Å². The first-order chi connectivity index (χ1) is 9.33. The summed E-state index contributed by atoms with van der Waals surface area (Å²) in [5, 5.41) is 3.53. The monoisotopic (exact) mass is 263 g/mol. The van der Waals surface area contributed by atoms with E-state index in [0.29, 0.717) is 12.0 Å². The van der Waals surface area contributed by atoms with E-state index < -0.39 is 0 Å². The van der Waals surface area contributed by atoms with Crippen molar-refractivity contribution in [3.63, 3.8) is 0 Å². The molecule has 1 aromatic heterocycles. The lowest BCUT2D eigenvalue weighted by atomic mass is 10.0. The minimum Gasteiger partial charge on any atom is -0.379 e. The van der Waals surface area contributed by atoms with Crippen LogP contribution >= 0.6 is 0 Å². The topological polar surface area (TPSA) is 37.4 Å². The highest BCUT2D eigenvalue weighted by Gasteiger charge is 2.28. The second-order valence-electron chi connectivity index (χ2n) is 5.14. The molecule has 0 radical (unpaired) electrons. The maximum Gasteiger partial charge on any atom is 0.0623 e. The third-order valence-corrected chi connectivity index (χ3v) is 3.76. The van der Waals surface area contributed by atoms with Crippen LogP contribution in [0.2, 0.25) is 0 Å². The molecule has 1 aromatic rings. The maximum atomic E-state index is 5.62. The van der Waals surface area contributed by atoms with Crippen LogP contribution in [0, 0.1) is 5.92 Å². The molecule has 4 nitrogen and oxygen atoms in total. The van der Waals surface area contributed by atoms with Crippen LogP contribution in [0.4, 0.5) is 0 Å². The number of nitrogens with one attached hydrogen (secondary N) is 1. The summed E-state index contributed by atoms with van der Waals surface area (Å²) in [5.74, 6) is 0.599. The first kappa shape index (κ1) is 14.4. The molecular weight excluding hydrogens is 238 g/mol. The standard InChI is InChI=1S/C15H25N3O/c1-3-17-15-12-19-11-14(15)10-18(4-2)9-13-5-7-16-8-6-13/h5-8,14-15,17H,3-4,9-12H2,1-2H3. The van der Waals surface area contributed by atoms with Gasteiger partial charge in [0.1, 0.15) is 0 Å². The molecule has 0 bridgehead atoms. The molecule has 2 heterocycles. The second-order valence-corrected chi connectivity index (χ2v) is 5.14. The summed E-state index contributed by atoms with van der Waals surface area (Å²) in [5.41, 5.74) is 1.33. The van der Waals surface area contributed by atoms with Gasteiger partial charge in [-0.25, -0.2) is 0 Å². The summed E-state index contributed by atoms with van der Waals surface area (Å²) in [6.07, 6.45) is 3.73. The Hall–Kier alpha value is -0.970. The molecule has 19 heavy (non-hydrogen) atoms. The van der Waals surface area contributed by atoms with Crippen molar-refractivity contribution in [2.24, 2.45) is 5.92 Å². The summed E-state index contributed by atoms with van der Waals surface area (Å²) in [4.78, 5) is 6.55. The van der Waals surface area contributed by atoms with Crippen LogP contribution < -0.4 is 5.32 Å². The number of pyridine rings is 1. The van der Waals surface area contributed by atoms with Gasteiger partial charge in [0.2, 0.25) is 0 Å². The molecule has 4 heteroatoms. The highest BCUT2D eigenvalue weighted by atomic mass is 16.5. The van der Waals surface area contributed by atoms with E-state index in [4.69, 9.17) is 4.74 Å². The van der Waals surface area contributed by atoms with Crippen molar-refractivity contribution in [3.8, 4) is 0 Å². The Kier molecular flexibility index (Phi) is 5.76. The van der Waals surface area contributed by atoms with E-state index in [1.807, 2.05) is 12.4 Å². The summed E-state index contributed by atoms with van der Waals surface area (Å²) in [6, 6.07) is 4.70. The van der Waals surface area contributed by atoms with Gasteiger partial charge in [-0.15, -0.1) is 0 Å². The van der Waals surface area contributed by atoms with Crippen LogP contribution in [0.25, 0.3) is 0 Å². The van der Waals surface area contributed by atoms with Gasteiger partial charge in [-0.2, -0.15) is 0 Å². The van der Waals surface area contributed by atoms with Crippen molar-refractivity contribution in [2.45, 2.75) is 26.4 Å². The Morgan fingerprint density at radius 1 is 1.32 bits per heavy atom. The fourth-order valence-electron chi connectivity index (χ4n) is 2.65. The van der Waals surface area contributed by atoms with Gasteiger partial charge >= 0.3 is 0 Å². The van der Waals surface area contributed by atoms with Crippen LogP contribution in [-0.4, -0.2) is 48.8 Å². The molecule has 0 spiro atoms. The molecule has 0 aliphatic carbocycles. The van der Waals surface area contributed by atoms with Crippen LogP contribution in [-0.2, 0) is 11.3 Å². The molecule has 2 atom stereocenters. The van der Waals surface area contributed by atoms with Gasteiger partial charge in [-0.05, 0) is 30.8 Å². The summed E-state index contributed by atoms with van der Waals surface area (Å²) >= 11 is 0. The Morgan fingerprint density at radius 3 is 2.79 bits per heavy atom. The molecule has 2 rings (SSSR count). The first-order valence-electron chi connectivity index (χ1n) is 7.25. The van der Waals surface area contributed by atoms with Crippen molar-refractivity contribution in [1.29, 1.82) is 0 Å². The Morgan fingerprint density at radius 2 is 2.11 bits per heavy atom. The van der Waals surface area contributed by atoms with Crippen molar-refractivity contribution >= 4 is 0 Å². The van der Waals surface area contributed by atoms with E-state index in [9.17, 15) is 0 Å². The zero-order valence-corrected chi connectivity index (χ0v) is 12.0. The molecule has 1 fully saturated rings. The normalized spacial score (nSPS) is 23.1. The molecule has 0 saturated carbocycles. The third kappa shape index (κ3) is 4.27. The maximum absolute atomic E-state index is 5.62. The van der Waals surface area contributed by atoms with E-state index in [2.05, 4.69) is 41.2 Å². The Labute approximate surface area is 116 Å². The minimum atomic E-state index is 0.511. The molecule has 0 amide bonds. The van der Waals surface area contributed by atoms with Crippen molar-refractivity contribution in [2.75, 3.05) is 32.8 Å². The van der Waals surface area contributed by atoms with Gasteiger partial charge in [0.25, 0.3) is 0 Å². The fourth-order valence-corrected chi connectivity index (χ4v) is 2.65. The molecule has 2 unspecified atom stereocenters. The number of nitrogens with zero attached hydrogens (tertiary/aromatic N) is 2. The number of likely N-dealkylation sites (N-methyl/N-ethyl adjacent to an activating group) is 1. The van der Waals surface area contributed by atoms with Crippen molar-refractivity contribution < 1.29 is 4.74 Å². The third-order valence-electron chi connectivity index (χ3n) is 3.76. The average Bonchev–Trinajstić information content (AvgIpc) is 2.87. The number of aromatic nitrogens is 1. The number of rotatable bonds is 7. The van der Waals surface area contributed by atoms with E-state index >= 15 is 0 Å². The molecule has 1 aliphatic rings. The first-order valence-corrected chi connectivity index (χ1v) is 7.25. The van der Waals surface area contributed by atoms with Gasteiger partial charge in [0.05, 0.1) is 13.2 Å². The Balaban J connectivity index is 1.88. The number of hydrogen-bond donors (Lipinski definition) is 1. The lowest BCUT2D eigenvalue weighted by Gasteiger charge is -2.26. The van der Waals surface area contributed by atoms with Crippen LogP contribution in [0.3, 0.4) is 0 Å². The molecule has 1 N–H and O–H groups in total. The molecule has 1 saturated heterocycles. The summed E-state index contributed by atoms with van der Waals surface area (Å²) < 4.78 is 5.62. The predicted molar refractivity (Wildman–Crippen MR) is 77.0 cm³/mol. The number of hydrogen-bond acceptors (Lipinski definition) is 4. The van der Waals surface area contributed by atoms with E-state index in [1.165, 1.54) is 5.56 Å². The van der Waals surface area contributed by atoms with Crippen molar-refractivity contribution in [1.82, 2.24) is 15.2 Å². The Bertz CT molecular complexity index is 358. The zero-order chi connectivity index (χ0) is 13.5. The lowest BCUT2D eigenvalue weighted by Crippen LogP contribution is -2.41. The second kappa shape index (κ2) is 7.58.